The summed E-state index contributed by atoms with van der Waals surface area (Å²) in [5, 5.41) is -0.264. The predicted molar refractivity (Wildman–Crippen MR) is 100 cm³/mol. The lowest BCUT2D eigenvalue weighted by Crippen LogP contribution is -2.27. The van der Waals surface area contributed by atoms with Gasteiger partial charge in [-0.2, -0.15) is 0 Å². The summed E-state index contributed by atoms with van der Waals surface area (Å²) in [4.78, 5) is 28.5. The monoisotopic (exact) mass is 338 g/mol. The molecule has 0 saturated carbocycles. The summed E-state index contributed by atoms with van der Waals surface area (Å²) in [5.74, 6) is -0.273. The molecule has 24 heavy (non-hydrogen) atoms. The van der Waals surface area contributed by atoms with Crippen molar-refractivity contribution < 1.29 is 9.59 Å². The highest BCUT2D eigenvalue weighted by Gasteiger charge is 2.36. The predicted octanol–water partition coefficient (Wildman–Crippen LogP) is 4.30. The molecule has 2 aromatic rings. The molecule has 1 heterocycles. The van der Waals surface area contributed by atoms with Gasteiger partial charge in [0.15, 0.2) is 0 Å². The van der Waals surface area contributed by atoms with Gasteiger partial charge >= 0.3 is 0 Å². The maximum absolute atomic E-state index is 12.6. The van der Waals surface area contributed by atoms with Gasteiger partial charge in [0.2, 0.25) is 0 Å². The molecule has 2 amide bonds. The number of carbonyl (C=O) groups is 2. The Morgan fingerprint density at radius 2 is 1.58 bits per heavy atom. The normalized spacial score (nSPS) is 16.1. The quantitative estimate of drug-likeness (QED) is 0.782. The van der Waals surface area contributed by atoms with Crippen molar-refractivity contribution in [2.45, 2.75) is 6.92 Å². The third-order valence-corrected chi connectivity index (χ3v) is 4.66. The van der Waals surface area contributed by atoms with Crippen molar-refractivity contribution in [3.63, 3.8) is 0 Å². The first-order valence-electron chi connectivity index (χ1n) is 7.58. The van der Waals surface area contributed by atoms with Gasteiger partial charge in [0, 0.05) is 19.8 Å². The van der Waals surface area contributed by atoms with E-state index in [4.69, 9.17) is 0 Å². The summed E-state index contributed by atoms with van der Waals surface area (Å²) in [7, 11) is 3.95. The highest BCUT2D eigenvalue weighted by molar-refractivity contribution is 8.19. The fraction of sp³-hybridized carbons (Fsp3) is 0.158. The van der Waals surface area contributed by atoms with Crippen molar-refractivity contribution in [1.29, 1.82) is 0 Å². The number of amides is 2. The van der Waals surface area contributed by atoms with Crippen LogP contribution in [0, 0.1) is 6.92 Å². The van der Waals surface area contributed by atoms with Crippen LogP contribution in [0.3, 0.4) is 0 Å². The van der Waals surface area contributed by atoms with Crippen molar-refractivity contribution in [1.82, 2.24) is 0 Å². The van der Waals surface area contributed by atoms with E-state index in [0.29, 0.717) is 10.6 Å². The second kappa shape index (κ2) is 6.53. The van der Waals surface area contributed by atoms with Crippen molar-refractivity contribution >= 4 is 40.4 Å². The van der Waals surface area contributed by atoms with Gasteiger partial charge in [0.1, 0.15) is 0 Å². The number of imide groups is 1. The van der Waals surface area contributed by atoms with Gasteiger partial charge in [-0.1, -0.05) is 29.8 Å². The fourth-order valence-electron chi connectivity index (χ4n) is 2.40. The molecule has 0 spiro atoms. The van der Waals surface area contributed by atoms with E-state index >= 15 is 0 Å². The van der Waals surface area contributed by atoms with Gasteiger partial charge in [-0.25, -0.2) is 4.90 Å². The molecule has 0 N–H and O–H groups in total. The first-order chi connectivity index (χ1) is 11.5. The smallest absolute Gasteiger partial charge is 0.298 e. The van der Waals surface area contributed by atoms with Crippen molar-refractivity contribution in [2.24, 2.45) is 0 Å². The molecule has 4 nitrogen and oxygen atoms in total. The molecule has 1 fully saturated rings. The minimum absolute atomic E-state index is 0.264. The van der Waals surface area contributed by atoms with Gasteiger partial charge in [-0.15, -0.1) is 0 Å². The van der Waals surface area contributed by atoms with Crippen molar-refractivity contribution in [3.8, 4) is 0 Å². The number of aryl methyl sites for hydroxylation is 1. The average Bonchev–Trinajstić information content (AvgIpc) is 2.83. The average molecular weight is 338 g/mol. The van der Waals surface area contributed by atoms with Gasteiger partial charge in [0.25, 0.3) is 11.1 Å². The van der Waals surface area contributed by atoms with Crippen LogP contribution in [0.4, 0.5) is 16.2 Å². The lowest BCUT2D eigenvalue weighted by molar-refractivity contribution is -0.113. The SMILES string of the molecule is Cc1ccc(N2C(=O)SC(=Cc3ccc(N(C)C)cc3)C2=O)cc1. The van der Waals surface area contributed by atoms with E-state index in [1.54, 1.807) is 18.2 Å². The molecule has 122 valence electrons. The van der Waals surface area contributed by atoms with Crippen molar-refractivity contribution in [2.75, 3.05) is 23.9 Å². The molecule has 3 rings (SSSR count). The molecule has 1 aliphatic rings. The van der Waals surface area contributed by atoms with E-state index in [1.807, 2.05) is 62.3 Å². The Labute approximate surface area is 145 Å². The van der Waals surface area contributed by atoms with Gasteiger partial charge in [-0.05, 0) is 54.6 Å². The van der Waals surface area contributed by atoms with Gasteiger partial charge < -0.3 is 4.90 Å². The Bertz CT molecular complexity index is 808. The Kier molecular flexibility index (Phi) is 4.44. The zero-order valence-corrected chi connectivity index (χ0v) is 14.6. The van der Waals surface area contributed by atoms with E-state index in [-0.39, 0.29) is 11.1 Å². The Morgan fingerprint density at radius 1 is 0.958 bits per heavy atom. The molecule has 2 aromatic carbocycles. The second-order valence-corrected chi connectivity index (χ2v) is 6.83. The first-order valence-corrected chi connectivity index (χ1v) is 8.39. The molecule has 0 aromatic heterocycles. The van der Waals surface area contributed by atoms with Crippen molar-refractivity contribution in [3.05, 3.63) is 64.6 Å². The fourth-order valence-corrected chi connectivity index (χ4v) is 3.25. The minimum Gasteiger partial charge on any atom is -0.378 e. The zero-order valence-electron chi connectivity index (χ0n) is 13.8. The number of hydrogen-bond acceptors (Lipinski definition) is 4. The lowest BCUT2D eigenvalue weighted by Gasteiger charge is -2.12. The van der Waals surface area contributed by atoms with Crippen LogP contribution in [0.2, 0.25) is 0 Å². The summed E-state index contributed by atoms with van der Waals surface area (Å²) in [5.41, 5.74) is 3.67. The molecule has 0 atom stereocenters. The van der Waals surface area contributed by atoms with Crippen LogP contribution in [0.25, 0.3) is 6.08 Å². The maximum Gasteiger partial charge on any atom is 0.298 e. The van der Waals surface area contributed by atoms with Crippen LogP contribution in [0.15, 0.2) is 53.4 Å². The van der Waals surface area contributed by atoms with Crippen LogP contribution in [-0.4, -0.2) is 25.2 Å². The summed E-state index contributed by atoms with van der Waals surface area (Å²) >= 11 is 0.974. The molecule has 0 aliphatic carbocycles. The van der Waals surface area contributed by atoms with Crippen LogP contribution < -0.4 is 9.80 Å². The number of benzene rings is 2. The zero-order chi connectivity index (χ0) is 17.3. The summed E-state index contributed by atoms with van der Waals surface area (Å²) < 4.78 is 0. The number of thioether (sulfide) groups is 1. The van der Waals surface area contributed by atoms with Gasteiger partial charge in [-0.3, -0.25) is 9.59 Å². The number of hydrogen-bond donors (Lipinski definition) is 0. The minimum atomic E-state index is -0.273. The summed E-state index contributed by atoms with van der Waals surface area (Å²) in [6, 6.07) is 15.2. The standard InChI is InChI=1S/C19H18N2O2S/c1-13-4-8-16(9-5-13)21-18(22)17(24-19(21)23)12-14-6-10-15(11-7-14)20(2)3/h4-12H,1-3H3. The Balaban J connectivity index is 1.86. The van der Waals surface area contributed by atoms with E-state index < -0.39 is 0 Å². The van der Waals surface area contributed by atoms with E-state index in [9.17, 15) is 9.59 Å². The molecule has 0 radical (unpaired) electrons. The molecular formula is C19H18N2O2S. The van der Waals surface area contributed by atoms with Gasteiger partial charge in [0.05, 0.1) is 10.6 Å². The number of rotatable bonds is 3. The number of anilines is 2. The van der Waals surface area contributed by atoms with E-state index in [0.717, 1.165) is 28.6 Å². The number of carbonyl (C=O) groups excluding carboxylic acids is 2. The molecule has 1 saturated heterocycles. The second-order valence-electron chi connectivity index (χ2n) is 5.84. The third-order valence-electron chi connectivity index (χ3n) is 3.79. The maximum atomic E-state index is 12.6. The van der Waals surface area contributed by atoms with E-state index in [1.165, 1.54) is 4.90 Å². The molecule has 1 aliphatic heterocycles. The highest BCUT2D eigenvalue weighted by atomic mass is 32.2. The van der Waals surface area contributed by atoms with Crippen LogP contribution in [0.5, 0.6) is 0 Å². The molecule has 0 bridgehead atoms. The number of nitrogens with zero attached hydrogens (tertiary/aromatic N) is 2. The molecule has 0 unspecified atom stereocenters. The molecular weight excluding hydrogens is 320 g/mol. The Hall–Kier alpha value is -2.53. The highest BCUT2D eigenvalue weighted by Crippen LogP contribution is 2.35. The van der Waals surface area contributed by atoms with Crippen LogP contribution in [-0.2, 0) is 4.79 Å². The largest absolute Gasteiger partial charge is 0.378 e. The van der Waals surface area contributed by atoms with Crippen LogP contribution >= 0.6 is 11.8 Å². The van der Waals surface area contributed by atoms with E-state index in [2.05, 4.69) is 0 Å². The topological polar surface area (TPSA) is 40.6 Å². The summed E-state index contributed by atoms with van der Waals surface area (Å²) in [6.45, 7) is 1.97. The molecule has 5 heteroatoms. The third kappa shape index (κ3) is 3.21. The summed E-state index contributed by atoms with van der Waals surface area (Å²) in [6.07, 6.45) is 1.76. The van der Waals surface area contributed by atoms with Crippen LogP contribution in [0.1, 0.15) is 11.1 Å². The lowest BCUT2D eigenvalue weighted by atomic mass is 10.1. The first kappa shape index (κ1) is 16.3. The Morgan fingerprint density at radius 3 is 2.17 bits per heavy atom.